The topological polar surface area (TPSA) is 86.7 Å². The van der Waals surface area contributed by atoms with E-state index in [9.17, 15) is 14.4 Å². The van der Waals surface area contributed by atoms with E-state index in [4.69, 9.17) is 5.11 Å². The average Bonchev–Trinajstić information content (AvgIpc) is 2.85. The highest BCUT2D eigenvalue weighted by atomic mass is 16.4. The molecule has 1 unspecified atom stereocenters. The fourth-order valence-corrected chi connectivity index (χ4v) is 2.84. The molecule has 126 valence electrons. The Kier molecular flexibility index (Phi) is 4.35. The van der Waals surface area contributed by atoms with E-state index in [1.165, 1.54) is 18.2 Å². The summed E-state index contributed by atoms with van der Waals surface area (Å²) in [5.74, 6) is -1.67. The van der Waals surface area contributed by atoms with Crippen LogP contribution in [0.2, 0.25) is 0 Å². The Balaban J connectivity index is 1.78. The van der Waals surface area contributed by atoms with Crippen LogP contribution < -0.4 is 5.32 Å². The van der Waals surface area contributed by atoms with Crippen LogP contribution in [0.15, 0.2) is 60.7 Å². The molecule has 2 aromatic rings. The summed E-state index contributed by atoms with van der Waals surface area (Å²) in [6.07, 6.45) is 2.94. The number of aromatic carboxylic acids is 1. The zero-order valence-electron chi connectivity index (χ0n) is 13.5. The number of carbonyl (C=O) groups excluding carboxylic acids is 2. The summed E-state index contributed by atoms with van der Waals surface area (Å²) in [5.41, 5.74) is 1.70. The number of amides is 2. The number of carboxylic acids is 1. The van der Waals surface area contributed by atoms with Gasteiger partial charge in [-0.2, -0.15) is 0 Å². The zero-order valence-corrected chi connectivity index (χ0v) is 13.5. The molecule has 0 bridgehead atoms. The molecule has 25 heavy (non-hydrogen) atoms. The molecule has 0 radical (unpaired) electrons. The van der Waals surface area contributed by atoms with Crippen molar-refractivity contribution in [2.45, 2.75) is 6.04 Å². The highest BCUT2D eigenvalue weighted by Crippen LogP contribution is 2.32. The van der Waals surface area contributed by atoms with Gasteiger partial charge >= 0.3 is 5.97 Å². The quantitative estimate of drug-likeness (QED) is 0.841. The number of rotatable bonds is 4. The molecular weight excluding hydrogens is 320 g/mol. The maximum absolute atomic E-state index is 12.2. The first-order chi connectivity index (χ1) is 12.0. The third-order valence-corrected chi connectivity index (χ3v) is 4.09. The second-order valence-electron chi connectivity index (χ2n) is 5.65. The van der Waals surface area contributed by atoms with E-state index >= 15 is 0 Å². The van der Waals surface area contributed by atoms with E-state index in [2.05, 4.69) is 5.32 Å². The summed E-state index contributed by atoms with van der Waals surface area (Å²) < 4.78 is 0. The lowest BCUT2D eigenvalue weighted by atomic mass is 10.0. The van der Waals surface area contributed by atoms with E-state index < -0.39 is 11.9 Å². The van der Waals surface area contributed by atoms with Gasteiger partial charge in [-0.3, -0.25) is 9.59 Å². The van der Waals surface area contributed by atoms with Crippen molar-refractivity contribution in [3.05, 3.63) is 77.4 Å². The third kappa shape index (κ3) is 3.14. The number of likely N-dealkylation sites (N-methyl/N-ethyl adjacent to an activating group) is 1. The van der Waals surface area contributed by atoms with Crippen molar-refractivity contribution in [2.75, 3.05) is 12.4 Å². The molecule has 1 aliphatic rings. The van der Waals surface area contributed by atoms with Crippen molar-refractivity contribution < 1.29 is 19.5 Å². The van der Waals surface area contributed by atoms with Crippen molar-refractivity contribution >= 4 is 23.5 Å². The lowest BCUT2D eigenvalue weighted by Gasteiger charge is -2.16. The van der Waals surface area contributed by atoms with Crippen LogP contribution in [0.4, 0.5) is 5.69 Å². The number of anilines is 1. The molecule has 0 saturated carbocycles. The molecule has 6 nitrogen and oxygen atoms in total. The third-order valence-electron chi connectivity index (χ3n) is 4.09. The first-order valence-electron chi connectivity index (χ1n) is 7.66. The van der Waals surface area contributed by atoms with Gasteiger partial charge in [0.1, 0.15) is 0 Å². The van der Waals surface area contributed by atoms with Gasteiger partial charge in [0.15, 0.2) is 0 Å². The number of fused-ring (bicyclic) bond motifs is 1. The predicted molar refractivity (Wildman–Crippen MR) is 92.4 cm³/mol. The molecule has 0 spiro atoms. The summed E-state index contributed by atoms with van der Waals surface area (Å²) in [4.78, 5) is 37.1. The standard InChI is InChI=1S/C19H16N2O4/c1-21-16(12-6-2-3-7-13(12)18(21)23)10-11-17(22)20-15-9-5-4-8-14(15)19(24)25/h2-11,16H,1H3,(H,20,22)(H,24,25)/b11-10+. The molecule has 3 rings (SSSR count). The van der Waals surface area contributed by atoms with Gasteiger partial charge in [-0.05, 0) is 23.8 Å². The minimum absolute atomic E-state index is 0.0164. The Labute approximate surface area is 144 Å². The van der Waals surface area contributed by atoms with E-state index in [0.717, 1.165) is 5.56 Å². The van der Waals surface area contributed by atoms with Crippen molar-refractivity contribution in [1.82, 2.24) is 4.90 Å². The van der Waals surface area contributed by atoms with Gasteiger partial charge in [-0.1, -0.05) is 36.4 Å². The fraction of sp³-hybridized carbons (Fsp3) is 0.105. The van der Waals surface area contributed by atoms with Crippen molar-refractivity contribution in [3.63, 3.8) is 0 Å². The zero-order chi connectivity index (χ0) is 18.0. The van der Waals surface area contributed by atoms with Gasteiger partial charge in [0.05, 0.1) is 17.3 Å². The molecule has 0 aliphatic carbocycles. The normalized spacial score (nSPS) is 16.1. The summed E-state index contributed by atoms with van der Waals surface area (Å²) in [5, 5.41) is 11.7. The number of nitrogens with one attached hydrogen (secondary N) is 1. The SMILES string of the molecule is CN1C(=O)c2ccccc2C1/C=C/C(=O)Nc1ccccc1C(=O)O. The van der Waals surface area contributed by atoms with Crippen LogP contribution in [0.25, 0.3) is 0 Å². The Bertz CT molecular complexity index is 888. The maximum Gasteiger partial charge on any atom is 0.337 e. The maximum atomic E-state index is 12.2. The highest BCUT2D eigenvalue weighted by Gasteiger charge is 2.31. The van der Waals surface area contributed by atoms with E-state index in [1.807, 2.05) is 12.1 Å². The average molecular weight is 336 g/mol. The summed E-state index contributed by atoms with van der Waals surface area (Å²) in [7, 11) is 1.68. The fourth-order valence-electron chi connectivity index (χ4n) is 2.84. The summed E-state index contributed by atoms with van der Waals surface area (Å²) >= 11 is 0. The second-order valence-corrected chi connectivity index (χ2v) is 5.65. The van der Waals surface area contributed by atoms with Crippen molar-refractivity contribution in [3.8, 4) is 0 Å². The number of hydrogen-bond donors (Lipinski definition) is 2. The van der Waals surface area contributed by atoms with E-state index in [0.29, 0.717) is 5.56 Å². The van der Waals surface area contributed by atoms with Crippen molar-refractivity contribution in [1.29, 1.82) is 0 Å². The van der Waals surface area contributed by atoms with Gasteiger partial charge in [0.2, 0.25) is 5.91 Å². The Hall–Kier alpha value is -3.41. The van der Waals surface area contributed by atoms with Crippen LogP contribution in [0.3, 0.4) is 0 Å². The van der Waals surface area contributed by atoms with Crippen LogP contribution in [-0.2, 0) is 4.79 Å². The Morgan fingerprint density at radius 3 is 2.56 bits per heavy atom. The van der Waals surface area contributed by atoms with Crippen LogP contribution >= 0.6 is 0 Å². The molecule has 0 fully saturated rings. The van der Waals surface area contributed by atoms with Crippen LogP contribution in [-0.4, -0.2) is 34.8 Å². The first-order valence-corrected chi connectivity index (χ1v) is 7.66. The predicted octanol–water partition coefficient (Wildman–Crippen LogP) is 2.71. The van der Waals surface area contributed by atoms with Crippen LogP contribution in [0.5, 0.6) is 0 Å². The smallest absolute Gasteiger partial charge is 0.337 e. The number of hydrogen-bond acceptors (Lipinski definition) is 3. The molecule has 1 heterocycles. The minimum Gasteiger partial charge on any atom is -0.478 e. The molecule has 0 saturated heterocycles. The largest absolute Gasteiger partial charge is 0.478 e. The van der Waals surface area contributed by atoms with Gasteiger partial charge < -0.3 is 15.3 Å². The van der Waals surface area contributed by atoms with Gasteiger partial charge in [-0.15, -0.1) is 0 Å². The number of benzene rings is 2. The van der Waals surface area contributed by atoms with Crippen LogP contribution in [0.1, 0.15) is 32.3 Å². The van der Waals surface area contributed by atoms with E-state index in [-0.39, 0.29) is 23.2 Å². The van der Waals surface area contributed by atoms with Gasteiger partial charge in [-0.25, -0.2) is 4.79 Å². The number of carbonyl (C=O) groups is 3. The summed E-state index contributed by atoms with van der Waals surface area (Å²) in [6.45, 7) is 0. The first kappa shape index (κ1) is 16.4. The van der Waals surface area contributed by atoms with Crippen molar-refractivity contribution in [2.24, 2.45) is 0 Å². The Morgan fingerprint density at radius 2 is 1.80 bits per heavy atom. The van der Waals surface area contributed by atoms with Gasteiger partial charge in [0, 0.05) is 18.7 Å². The highest BCUT2D eigenvalue weighted by molar-refractivity contribution is 6.05. The van der Waals surface area contributed by atoms with Crippen LogP contribution in [0, 0.1) is 0 Å². The second kappa shape index (κ2) is 6.60. The monoisotopic (exact) mass is 336 g/mol. The number of carboxylic acid groups (broad SMARTS) is 1. The Morgan fingerprint density at radius 1 is 1.12 bits per heavy atom. The van der Waals surface area contributed by atoms with Gasteiger partial charge in [0.25, 0.3) is 5.91 Å². The van der Waals surface area contributed by atoms with E-state index in [1.54, 1.807) is 42.3 Å². The lowest BCUT2D eigenvalue weighted by Crippen LogP contribution is -2.22. The molecule has 1 aliphatic heterocycles. The molecule has 1 atom stereocenters. The molecule has 2 amide bonds. The lowest BCUT2D eigenvalue weighted by molar-refractivity contribution is -0.111. The summed E-state index contributed by atoms with van der Waals surface area (Å²) in [6, 6.07) is 13.1. The molecular formula is C19H16N2O4. The number of para-hydroxylation sites is 1. The molecule has 0 aromatic heterocycles. The molecule has 2 aromatic carbocycles. The minimum atomic E-state index is -1.12. The molecule has 2 N–H and O–H groups in total. The number of nitrogens with zero attached hydrogens (tertiary/aromatic N) is 1. The molecule has 6 heteroatoms.